The van der Waals surface area contributed by atoms with Gasteiger partial charge in [-0.2, -0.15) is 0 Å². The van der Waals surface area contributed by atoms with Gasteiger partial charge in [0.05, 0.1) is 12.1 Å². The van der Waals surface area contributed by atoms with Gasteiger partial charge in [-0.05, 0) is 17.7 Å². The maximum atomic E-state index is 6.03. The van der Waals surface area contributed by atoms with Crippen LogP contribution < -0.4 is 10.5 Å². The molecule has 2 N–H and O–H groups in total. The first kappa shape index (κ1) is 13.6. The number of hydrogen-bond acceptors (Lipinski definition) is 3. The molecule has 3 aromatic rings. The molecular weight excluding hydrogens is 260 g/mol. The molecule has 0 amide bonds. The van der Waals surface area contributed by atoms with Gasteiger partial charge in [0.15, 0.2) is 0 Å². The number of pyridine rings is 1. The molecule has 3 nitrogen and oxygen atoms in total. The van der Waals surface area contributed by atoms with Crippen molar-refractivity contribution in [1.82, 2.24) is 4.98 Å². The second-order valence-electron chi connectivity index (χ2n) is 4.92. The highest BCUT2D eigenvalue weighted by molar-refractivity contribution is 5.86. The van der Waals surface area contributed by atoms with Gasteiger partial charge in [0.1, 0.15) is 5.75 Å². The third kappa shape index (κ3) is 3.03. The molecular formula is C18H18N2O. The van der Waals surface area contributed by atoms with E-state index in [-0.39, 0.29) is 0 Å². The van der Waals surface area contributed by atoms with Crippen molar-refractivity contribution in [2.24, 2.45) is 5.73 Å². The van der Waals surface area contributed by atoms with Crippen LogP contribution in [0.4, 0.5) is 0 Å². The summed E-state index contributed by atoms with van der Waals surface area (Å²) in [5.41, 5.74) is 8.95. The van der Waals surface area contributed by atoms with E-state index < -0.39 is 0 Å². The van der Waals surface area contributed by atoms with Gasteiger partial charge in [-0.25, -0.2) is 0 Å². The molecule has 106 valence electrons. The Kier molecular flexibility index (Phi) is 4.12. The number of hydrogen-bond donors (Lipinski definition) is 1. The zero-order valence-electron chi connectivity index (χ0n) is 11.8. The number of aromatic nitrogens is 1. The van der Waals surface area contributed by atoms with E-state index in [0.29, 0.717) is 13.2 Å². The predicted octanol–water partition coefficient (Wildman–Crippen LogP) is 3.32. The van der Waals surface area contributed by atoms with Crippen LogP contribution in [-0.2, 0) is 13.0 Å². The van der Waals surface area contributed by atoms with E-state index in [1.165, 1.54) is 5.56 Å². The summed E-state index contributed by atoms with van der Waals surface area (Å²) < 4.78 is 6.03. The maximum absolute atomic E-state index is 6.03. The Hall–Kier alpha value is -2.39. The molecule has 0 aliphatic rings. The van der Waals surface area contributed by atoms with Crippen LogP contribution in [0.5, 0.6) is 5.75 Å². The van der Waals surface area contributed by atoms with Crippen LogP contribution in [0, 0.1) is 0 Å². The van der Waals surface area contributed by atoms with Crippen LogP contribution in [0.15, 0.2) is 60.8 Å². The predicted molar refractivity (Wildman–Crippen MR) is 85.3 cm³/mol. The fourth-order valence-electron chi connectivity index (χ4n) is 2.39. The first-order valence-electron chi connectivity index (χ1n) is 7.12. The number of rotatable bonds is 5. The van der Waals surface area contributed by atoms with E-state index in [2.05, 4.69) is 17.1 Å². The van der Waals surface area contributed by atoms with Crippen molar-refractivity contribution in [2.75, 3.05) is 6.61 Å². The molecule has 0 saturated carbocycles. The van der Waals surface area contributed by atoms with E-state index in [1.54, 1.807) is 6.20 Å². The average Bonchev–Trinajstić information content (AvgIpc) is 2.56. The molecule has 0 aliphatic carbocycles. The van der Waals surface area contributed by atoms with Crippen LogP contribution in [0.1, 0.15) is 11.1 Å². The molecule has 2 aromatic carbocycles. The van der Waals surface area contributed by atoms with Gasteiger partial charge < -0.3 is 10.5 Å². The van der Waals surface area contributed by atoms with Crippen LogP contribution in [0.3, 0.4) is 0 Å². The fraction of sp³-hybridized carbons (Fsp3) is 0.167. The number of para-hydroxylation sites is 1. The molecule has 0 unspecified atom stereocenters. The highest BCUT2D eigenvalue weighted by Crippen LogP contribution is 2.28. The van der Waals surface area contributed by atoms with Gasteiger partial charge in [-0.3, -0.25) is 4.98 Å². The number of nitrogens with two attached hydrogens (primary N) is 1. The summed E-state index contributed by atoms with van der Waals surface area (Å²) in [7, 11) is 0. The third-order valence-corrected chi connectivity index (χ3v) is 3.50. The summed E-state index contributed by atoms with van der Waals surface area (Å²) >= 11 is 0. The first-order chi connectivity index (χ1) is 10.4. The maximum Gasteiger partial charge on any atom is 0.134 e. The Morgan fingerprint density at radius 1 is 0.952 bits per heavy atom. The van der Waals surface area contributed by atoms with Crippen molar-refractivity contribution < 1.29 is 4.74 Å². The molecule has 0 atom stereocenters. The highest BCUT2D eigenvalue weighted by atomic mass is 16.5. The summed E-state index contributed by atoms with van der Waals surface area (Å²) in [5, 5.41) is 1.02. The molecule has 0 fully saturated rings. The summed E-state index contributed by atoms with van der Waals surface area (Å²) in [6.07, 6.45) is 2.68. The van der Waals surface area contributed by atoms with E-state index in [9.17, 15) is 0 Å². The number of fused-ring (bicyclic) bond motifs is 1. The monoisotopic (exact) mass is 278 g/mol. The average molecular weight is 278 g/mol. The Bertz CT molecular complexity index is 726. The lowest BCUT2D eigenvalue weighted by Gasteiger charge is -2.13. The summed E-state index contributed by atoms with van der Waals surface area (Å²) in [4.78, 5) is 4.42. The van der Waals surface area contributed by atoms with Crippen molar-refractivity contribution in [1.29, 1.82) is 0 Å². The van der Waals surface area contributed by atoms with Gasteiger partial charge in [0.25, 0.3) is 0 Å². The summed E-state index contributed by atoms with van der Waals surface area (Å²) in [6, 6.07) is 18.3. The standard InChI is InChI=1S/C18H18N2O/c19-12-15-13-20-17-9-5-4-8-16(17)18(15)21-11-10-14-6-2-1-3-7-14/h1-9,13H,10-12,19H2. The van der Waals surface area contributed by atoms with Crippen LogP contribution >= 0.6 is 0 Å². The van der Waals surface area contributed by atoms with Gasteiger partial charge in [0.2, 0.25) is 0 Å². The first-order valence-corrected chi connectivity index (χ1v) is 7.12. The Balaban J connectivity index is 1.82. The minimum atomic E-state index is 0.429. The molecule has 0 saturated heterocycles. The number of benzene rings is 2. The molecule has 1 aromatic heterocycles. The van der Waals surface area contributed by atoms with E-state index in [1.807, 2.05) is 42.5 Å². The molecule has 1 heterocycles. The second-order valence-corrected chi connectivity index (χ2v) is 4.92. The van der Waals surface area contributed by atoms with Crippen LogP contribution in [0.25, 0.3) is 10.9 Å². The SMILES string of the molecule is NCc1cnc2ccccc2c1OCCc1ccccc1. The van der Waals surface area contributed by atoms with Crippen LogP contribution in [-0.4, -0.2) is 11.6 Å². The van der Waals surface area contributed by atoms with E-state index in [0.717, 1.165) is 28.6 Å². The lowest BCUT2D eigenvalue weighted by molar-refractivity contribution is 0.322. The molecule has 0 aliphatic heterocycles. The molecule has 0 spiro atoms. The quantitative estimate of drug-likeness (QED) is 0.779. The minimum absolute atomic E-state index is 0.429. The van der Waals surface area contributed by atoms with Crippen molar-refractivity contribution in [2.45, 2.75) is 13.0 Å². The zero-order chi connectivity index (χ0) is 14.5. The second kappa shape index (κ2) is 6.37. The van der Waals surface area contributed by atoms with E-state index >= 15 is 0 Å². The largest absolute Gasteiger partial charge is 0.492 e. The minimum Gasteiger partial charge on any atom is -0.492 e. The van der Waals surface area contributed by atoms with Crippen molar-refractivity contribution >= 4 is 10.9 Å². The molecule has 0 radical (unpaired) electrons. The Morgan fingerprint density at radius 3 is 2.52 bits per heavy atom. The lowest BCUT2D eigenvalue weighted by atomic mass is 10.1. The molecule has 3 heteroatoms. The number of ether oxygens (including phenoxy) is 1. The van der Waals surface area contributed by atoms with E-state index in [4.69, 9.17) is 10.5 Å². The summed E-state index contributed by atoms with van der Waals surface area (Å²) in [5.74, 6) is 0.860. The van der Waals surface area contributed by atoms with Gasteiger partial charge in [-0.1, -0.05) is 42.5 Å². The van der Waals surface area contributed by atoms with Crippen molar-refractivity contribution in [3.63, 3.8) is 0 Å². The van der Waals surface area contributed by atoms with Gasteiger partial charge in [-0.15, -0.1) is 0 Å². The molecule has 0 bridgehead atoms. The summed E-state index contributed by atoms with van der Waals surface area (Å²) in [6.45, 7) is 1.06. The smallest absolute Gasteiger partial charge is 0.134 e. The Morgan fingerprint density at radius 2 is 1.71 bits per heavy atom. The number of nitrogens with zero attached hydrogens (tertiary/aromatic N) is 1. The highest BCUT2D eigenvalue weighted by Gasteiger charge is 2.08. The lowest BCUT2D eigenvalue weighted by Crippen LogP contribution is -2.07. The van der Waals surface area contributed by atoms with Gasteiger partial charge in [0, 0.05) is 30.1 Å². The Labute approximate surface area is 124 Å². The topological polar surface area (TPSA) is 48.1 Å². The third-order valence-electron chi connectivity index (χ3n) is 3.50. The fourth-order valence-corrected chi connectivity index (χ4v) is 2.39. The normalized spacial score (nSPS) is 10.7. The van der Waals surface area contributed by atoms with Crippen molar-refractivity contribution in [3.8, 4) is 5.75 Å². The zero-order valence-corrected chi connectivity index (χ0v) is 11.8. The molecule has 21 heavy (non-hydrogen) atoms. The van der Waals surface area contributed by atoms with Crippen LogP contribution in [0.2, 0.25) is 0 Å². The van der Waals surface area contributed by atoms with Crippen molar-refractivity contribution in [3.05, 3.63) is 71.9 Å². The molecule has 3 rings (SSSR count). The van der Waals surface area contributed by atoms with Gasteiger partial charge >= 0.3 is 0 Å².